The van der Waals surface area contributed by atoms with Gasteiger partial charge in [-0.3, -0.25) is 4.79 Å². The molecule has 0 radical (unpaired) electrons. The Morgan fingerprint density at radius 2 is 1.83 bits per heavy atom. The van der Waals surface area contributed by atoms with Crippen LogP contribution in [0.25, 0.3) is 0 Å². The maximum Gasteiger partial charge on any atom is 0.266 e. The van der Waals surface area contributed by atoms with Crippen LogP contribution in [0.5, 0.6) is 0 Å². The summed E-state index contributed by atoms with van der Waals surface area (Å²) in [7, 11) is 0. The maximum atomic E-state index is 12.8. The van der Waals surface area contributed by atoms with E-state index in [9.17, 15) is 4.79 Å². The Balaban J connectivity index is 1.52. The summed E-state index contributed by atoms with van der Waals surface area (Å²) in [4.78, 5) is 17.2. The Hall–Kier alpha value is -2.73. The largest absolute Gasteiger partial charge is 0.328 e. The van der Waals surface area contributed by atoms with Crippen LogP contribution >= 0.6 is 11.6 Å². The molecule has 2 unspecified atom stereocenters. The molecule has 29 heavy (non-hydrogen) atoms. The van der Waals surface area contributed by atoms with Crippen LogP contribution in [0.4, 0.5) is 0 Å². The van der Waals surface area contributed by atoms with Gasteiger partial charge in [-0.1, -0.05) is 65.7 Å². The van der Waals surface area contributed by atoms with Gasteiger partial charge in [0.1, 0.15) is 11.5 Å². The molecule has 6 heteroatoms. The van der Waals surface area contributed by atoms with Crippen molar-refractivity contribution in [3.05, 3.63) is 100 Å². The second-order valence-corrected chi connectivity index (χ2v) is 7.68. The molecule has 0 spiro atoms. The second-order valence-electron chi connectivity index (χ2n) is 7.27. The van der Waals surface area contributed by atoms with Gasteiger partial charge < -0.3 is 4.57 Å². The van der Waals surface area contributed by atoms with Gasteiger partial charge in [0.25, 0.3) is 5.91 Å². The summed E-state index contributed by atoms with van der Waals surface area (Å²) in [5.74, 6) is -0.198. The lowest BCUT2D eigenvalue weighted by atomic mass is 10.0. The highest BCUT2D eigenvalue weighted by Crippen LogP contribution is 2.28. The number of benzene rings is 2. The summed E-state index contributed by atoms with van der Waals surface area (Å²) in [6.45, 7) is 2.73. The fourth-order valence-corrected chi connectivity index (χ4v) is 3.73. The minimum Gasteiger partial charge on any atom is -0.328 e. The molecule has 0 saturated carbocycles. The van der Waals surface area contributed by atoms with Crippen molar-refractivity contribution in [2.24, 2.45) is 4.99 Å². The smallest absolute Gasteiger partial charge is 0.266 e. The van der Waals surface area contributed by atoms with Crippen molar-refractivity contribution in [2.75, 3.05) is 0 Å². The molecule has 0 bridgehead atoms. The van der Waals surface area contributed by atoms with Crippen LogP contribution in [0.3, 0.4) is 0 Å². The van der Waals surface area contributed by atoms with Gasteiger partial charge >= 0.3 is 0 Å². The molecule has 1 fully saturated rings. The molecule has 1 aliphatic heterocycles. The third kappa shape index (κ3) is 4.65. The van der Waals surface area contributed by atoms with Crippen molar-refractivity contribution in [3.63, 3.8) is 0 Å². The molecule has 0 aliphatic carbocycles. The third-order valence-corrected chi connectivity index (χ3v) is 5.44. The minimum absolute atomic E-state index is 0.0247. The molecule has 148 valence electrons. The van der Waals surface area contributed by atoms with E-state index in [2.05, 4.69) is 47.0 Å². The summed E-state index contributed by atoms with van der Waals surface area (Å²) in [5.41, 5.74) is 10.2. The lowest BCUT2D eigenvalue weighted by Crippen LogP contribution is -2.37. The van der Waals surface area contributed by atoms with E-state index in [1.807, 2.05) is 53.2 Å². The number of rotatable bonds is 4. The van der Waals surface area contributed by atoms with E-state index in [0.29, 0.717) is 23.5 Å². The van der Waals surface area contributed by atoms with Gasteiger partial charge in [0.15, 0.2) is 0 Å². The van der Waals surface area contributed by atoms with Gasteiger partial charge in [-0.2, -0.15) is 4.99 Å². The van der Waals surface area contributed by atoms with Gasteiger partial charge in [-0.05, 0) is 42.7 Å². The first-order valence-corrected chi connectivity index (χ1v) is 10.0. The van der Waals surface area contributed by atoms with E-state index < -0.39 is 6.04 Å². The van der Waals surface area contributed by atoms with E-state index in [1.165, 1.54) is 5.56 Å². The number of hydrazine groups is 1. The van der Waals surface area contributed by atoms with Crippen LogP contribution < -0.4 is 16.3 Å². The van der Waals surface area contributed by atoms with Crippen molar-refractivity contribution in [3.8, 4) is 0 Å². The van der Waals surface area contributed by atoms with Crippen LogP contribution in [-0.4, -0.2) is 16.5 Å². The molecule has 2 atom stereocenters. The zero-order valence-electron chi connectivity index (χ0n) is 16.2. The Morgan fingerprint density at radius 1 is 1.07 bits per heavy atom. The molecular formula is C23H23ClN4O. The molecule has 2 aromatic carbocycles. The van der Waals surface area contributed by atoms with Crippen LogP contribution in [-0.2, 0) is 11.3 Å². The molecule has 1 amide bonds. The molecule has 1 aliphatic rings. The standard InChI is InChI=1S/C23H23ClN4O/c1-16-9-11-17(12-10-16)15-28-13-5-4-8-22(28)25-23(29)21-14-20(26-27-21)18-6-2-3-7-19(18)24/h2-13,20-21,26-27H,14-15H2,1H3. The number of hydrogen-bond acceptors (Lipinski definition) is 3. The Labute approximate surface area is 175 Å². The molecule has 3 aromatic rings. The quantitative estimate of drug-likeness (QED) is 0.696. The second kappa shape index (κ2) is 8.74. The summed E-state index contributed by atoms with van der Waals surface area (Å²) in [6, 6.07) is 21.3. The molecular weight excluding hydrogens is 384 g/mol. The van der Waals surface area contributed by atoms with E-state index in [4.69, 9.17) is 11.6 Å². The first kappa shape index (κ1) is 19.6. The molecule has 2 N–H and O–H groups in total. The van der Waals surface area contributed by atoms with Crippen molar-refractivity contribution >= 4 is 17.5 Å². The summed E-state index contributed by atoms with van der Waals surface area (Å²) in [6.07, 6.45) is 2.54. The zero-order valence-corrected chi connectivity index (χ0v) is 16.9. The predicted molar refractivity (Wildman–Crippen MR) is 114 cm³/mol. The fourth-order valence-electron chi connectivity index (χ4n) is 3.46. The molecule has 1 saturated heterocycles. The SMILES string of the molecule is Cc1ccc(Cn2ccccc2=NC(=O)C2CC(c3ccccc3Cl)NN2)cc1. The van der Waals surface area contributed by atoms with Gasteiger partial charge in [0, 0.05) is 23.8 Å². The van der Waals surface area contributed by atoms with E-state index >= 15 is 0 Å². The molecule has 1 aromatic heterocycles. The highest BCUT2D eigenvalue weighted by atomic mass is 35.5. The number of carbonyl (C=O) groups is 1. The van der Waals surface area contributed by atoms with Crippen molar-refractivity contribution in [1.82, 2.24) is 15.4 Å². The van der Waals surface area contributed by atoms with Gasteiger partial charge in [-0.15, -0.1) is 0 Å². The van der Waals surface area contributed by atoms with Gasteiger partial charge in [0.05, 0.1) is 0 Å². The van der Waals surface area contributed by atoms with Crippen LogP contribution in [0.15, 0.2) is 77.9 Å². The van der Waals surface area contributed by atoms with E-state index in [0.717, 1.165) is 11.1 Å². The lowest BCUT2D eigenvalue weighted by Gasteiger charge is -2.11. The van der Waals surface area contributed by atoms with Crippen molar-refractivity contribution in [2.45, 2.75) is 32.0 Å². The number of hydrogen-bond donors (Lipinski definition) is 2. The zero-order chi connectivity index (χ0) is 20.2. The molecule has 2 heterocycles. The number of nitrogens with one attached hydrogen (secondary N) is 2. The third-order valence-electron chi connectivity index (χ3n) is 5.10. The summed E-state index contributed by atoms with van der Waals surface area (Å²) < 4.78 is 1.98. The minimum atomic E-state index is -0.399. The average molecular weight is 407 g/mol. The fraction of sp³-hybridized carbons (Fsp3) is 0.217. The first-order valence-electron chi connectivity index (χ1n) is 9.65. The number of aryl methyl sites for hydroxylation is 1. The topological polar surface area (TPSA) is 58.4 Å². The van der Waals surface area contributed by atoms with Crippen molar-refractivity contribution < 1.29 is 4.79 Å². The van der Waals surface area contributed by atoms with Gasteiger partial charge in [0.2, 0.25) is 0 Å². The van der Waals surface area contributed by atoms with Crippen molar-refractivity contribution in [1.29, 1.82) is 0 Å². The van der Waals surface area contributed by atoms with E-state index in [-0.39, 0.29) is 11.9 Å². The summed E-state index contributed by atoms with van der Waals surface area (Å²) >= 11 is 6.29. The number of halogens is 1. The highest BCUT2D eigenvalue weighted by molar-refractivity contribution is 6.31. The predicted octanol–water partition coefficient (Wildman–Crippen LogP) is 3.53. The Morgan fingerprint density at radius 3 is 2.62 bits per heavy atom. The van der Waals surface area contributed by atoms with Crippen LogP contribution in [0, 0.1) is 6.92 Å². The van der Waals surface area contributed by atoms with Crippen LogP contribution in [0.1, 0.15) is 29.2 Å². The normalized spacial score (nSPS) is 19.4. The Bertz CT molecular complexity index is 1070. The van der Waals surface area contributed by atoms with E-state index in [1.54, 1.807) is 0 Å². The number of aromatic nitrogens is 1. The lowest BCUT2D eigenvalue weighted by molar-refractivity contribution is -0.119. The number of amides is 1. The van der Waals surface area contributed by atoms with Gasteiger partial charge in [-0.25, -0.2) is 10.9 Å². The Kier molecular flexibility index (Phi) is 5.90. The monoisotopic (exact) mass is 406 g/mol. The van der Waals surface area contributed by atoms with Crippen LogP contribution in [0.2, 0.25) is 5.02 Å². The maximum absolute atomic E-state index is 12.8. The number of nitrogens with zero attached hydrogens (tertiary/aromatic N) is 2. The number of pyridine rings is 1. The molecule has 5 nitrogen and oxygen atoms in total. The highest BCUT2D eigenvalue weighted by Gasteiger charge is 2.30. The molecule has 4 rings (SSSR count). The first-order chi connectivity index (χ1) is 14.1. The summed E-state index contributed by atoms with van der Waals surface area (Å²) in [5, 5.41) is 0.691. The number of carbonyl (C=O) groups excluding carboxylic acids is 1. The average Bonchev–Trinajstić information content (AvgIpc) is 3.22.